The molecule has 0 saturated carbocycles. The number of rotatable bonds is 10. The van der Waals surface area contributed by atoms with Gasteiger partial charge < -0.3 is 15.5 Å². The van der Waals surface area contributed by atoms with E-state index in [2.05, 4.69) is 56.1 Å². The maximum Gasteiger partial charge on any atom is 0.416 e. The van der Waals surface area contributed by atoms with Gasteiger partial charge in [-0.1, -0.05) is 38.6 Å². The highest BCUT2D eigenvalue weighted by atomic mass is 19.4. The fourth-order valence-electron chi connectivity index (χ4n) is 4.48. The molecule has 2 N–H and O–H groups in total. The molecule has 2 aromatic heterocycles. The van der Waals surface area contributed by atoms with Gasteiger partial charge in [-0.05, 0) is 87.4 Å². The van der Waals surface area contributed by atoms with Gasteiger partial charge in [0.25, 0.3) is 0 Å². The van der Waals surface area contributed by atoms with Crippen molar-refractivity contribution in [1.29, 1.82) is 0 Å². The Hall–Kier alpha value is -3.85. The van der Waals surface area contributed by atoms with Gasteiger partial charge in [0.15, 0.2) is 5.65 Å². The first-order chi connectivity index (χ1) is 18.4. The minimum absolute atomic E-state index is 0.254. The second-order valence-corrected chi connectivity index (χ2v) is 10.3. The lowest BCUT2D eigenvalue weighted by atomic mass is 9.98. The van der Waals surface area contributed by atoms with E-state index in [-0.39, 0.29) is 5.92 Å². The van der Waals surface area contributed by atoms with Crippen LogP contribution in [-0.4, -0.2) is 40.3 Å². The molecule has 9 heteroatoms. The summed E-state index contributed by atoms with van der Waals surface area (Å²) >= 11 is 0. The molecule has 206 valence electrons. The highest BCUT2D eigenvalue weighted by Crippen LogP contribution is 2.34. The number of nitrogens with one attached hydrogen (secondary N) is 2. The van der Waals surface area contributed by atoms with Crippen LogP contribution in [0.4, 0.5) is 24.5 Å². The van der Waals surface area contributed by atoms with Gasteiger partial charge in [0, 0.05) is 29.0 Å². The number of fused-ring (bicyclic) bond motifs is 1. The van der Waals surface area contributed by atoms with Crippen LogP contribution in [0, 0.1) is 6.92 Å². The summed E-state index contributed by atoms with van der Waals surface area (Å²) in [5.41, 5.74) is 5.29. The molecule has 0 aliphatic rings. The van der Waals surface area contributed by atoms with Crippen molar-refractivity contribution >= 4 is 22.4 Å². The molecule has 0 radical (unpaired) electrons. The molecule has 2 aromatic carbocycles. The second-order valence-electron chi connectivity index (χ2n) is 10.3. The number of aromatic nitrogens is 3. The van der Waals surface area contributed by atoms with Crippen LogP contribution in [0.25, 0.3) is 22.2 Å². The zero-order chi connectivity index (χ0) is 28.3. The fraction of sp³-hybridized carbons (Fsp3) is 0.333. The summed E-state index contributed by atoms with van der Waals surface area (Å²) in [6.07, 6.45) is -3.43. The third-order valence-electron chi connectivity index (χ3n) is 6.44. The number of alkyl halides is 3. The molecule has 0 aliphatic heterocycles. The van der Waals surface area contributed by atoms with Crippen molar-refractivity contribution in [3.8, 4) is 11.1 Å². The molecule has 6 nitrogen and oxygen atoms in total. The summed E-state index contributed by atoms with van der Waals surface area (Å²) in [5, 5.41) is 11.9. The maximum atomic E-state index is 13.0. The number of nitrogens with zero attached hydrogens (tertiary/aromatic N) is 4. The van der Waals surface area contributed by atoms with E-state index in [1.54, 1.807) is 6.07 Å². The van der Waals surface area contributed by atoms with Crippen LogP contribution in [0.1, 0.15) is 43.1 Å². The van der Waals surface area contributed by atoms with Crippen molar-refractivity contribution in [1.82, 2.24) is 19.7 Å². The van der Waals surface area contributed by atoms with Gasteiger partial charge in [0.1, 0.15) is 5.82 Å². The topological polar surface area (TPSA) is 58.0 Å². The fourth-order valence-corrected chi connectivity index (χ4v) is 4.48. The number of pyridine rings is 1. The van der Waals surface area contributed by atoms with Crippen LogP contribution in [0.3, 0.4) is 0 Å². The zero-order valence-corrected chi connectivity index (χ0v) is 23.0. The first-order valence-corrected chi connectivity index (χ1v) is 13.0. The summed E-state index contributed by atoms with van der Waals surface area (Å²) in [5.74, 6) is 0.620. The van der Waals surface area contributed by atoms with Crippen LogP contribution in [0.2, 0.25) is 0 Å². The third kappa shape index (κ3) is 6.78. The Kier molecular flexibility index (Phi) is 8.30. The maximum absolute atomic E-state index is 13.0. The predicted molar refractivity (Wildman–Crippen MR) is 153 cm³/mol. The zero-order valence-electron chi connectivity index (χ0n) is 23.0. The van der Waals surface area contributed by atoms with Crippen LogP contribution < -0.4 is 10.6 Å². The molecule has 0 aliphatic carbocycles. The molecule has 0 fully saturated rings. The van der Waals surface area contributed by atoms with E-state index in [0.29, 0.717) is 11.5 Å². The van der Waals surface area contributed by atoms with Crippen molar-refractivity contribution in [2.45, 2.75) is 45.8 Å². The minimum Gasteiger partial charge on any atom is -0.342 e. The lowest BCUT2D eigenvalue weighted by Gasteiger charge is -2.15. The largest absolute Gasteiger partial charge is 0.416 e. The second kappa shape index (κ2) is 11.5. The molecule has 0 amide bonds. The lowest BCUT2D eigenvalue weighted by molar-refractivity contribution is -0.137. The molecule has 0 saturated heterocycles. The molecule has 39 heavy (non-hydrogen) atoms. The Bertz CT molecular complexity index is 1450. The van der Waals surface area contributed by atoms with Crippen LogP contribution >= 0.6 is 0 Å². The molecular formula is C30H35F3N6. The van der Waals surface area contributed by atoms with Crippen molar-refractivity contribution < 1.29 is 13.2 Å². The summed E-state index contributed by atoms with van der Waals surface area (Å²) in [6.45, 7) is 12.0. The number of hydrogen-bond acceptors (Lipinski definition) is 5. The van der Waals surface area contributed by atoms with Crippen molar-refractivity contribution in [3.63, 3.8) is 0 Å². The summed E-state index contributed by atoms with van der Waals surface area (Å²) in [4.78, 5) is 7.14. The Morgan fingerprint density at radius 2 is 1.72 bits per heavy atom. The van der Waals surface area contributed by atoms with E-state index in [1.807, 2.05) is 35.9 Å². The van der Waals surface area contributed by atoms with E-state index in [9.17, 15) is 13.2 Å². The Labute approximate surface area is 227 Å². The van der Waals surface area contributed by atoms with Gasteiger partial charge in [0.05, 0.1) is 11.3 Å². The quantitative estimate of drug-likeness (QED) is 0.220. The molecule has 0 bridgehead atoms. The monoisotopic (exact) mass is 536 g/mol. The van der Waals surface area contributed by atoms with Gasteiger partial charge in [-0.25, -0.2) is 9.67 Å². The average molecular weight is 537 g/mol. The van der Waals surface area contributed by atoms with Gasteiger partial charge in [-0.15, -0.1) is 0 Å². The van der Waals surface area contributed by atoms with Crippen LogP contribution in [0.5, 0.6) is 0 Å². The SMILES string of the molecule is C=C(Nc1ccc(-c2cc(C(C)C)nc3c2c(C)nn3CCCN(C)C)cc1)Nc1cccc(C(F)(F)F)c1. The van der Waals surface area contributed by atoms with E-state index in [1.165, 1.54) is 6.07 Å². The Morgan fingerprint density at radius 3 is 2.36 bits per heavy atom. The van der Waals surface area contributed by atoms with Crippen molar-refractivity contribution in [2.75, 3.05) is 31.3 Å². The molecule has 4 rings (SSSR count). The third-order valence-corrected chi connectivity index (χ3v) is 6.44. The van der Waals surface area contributed by atoms with E-state index >= 15 is 0 Å². The minimum atomic E-state index is -4.41. The van der Waals surface area contributed by atoms with E-state index in [0.717, 1.165) is 70.9 Å². The Balaban J connectivity index is 1.57. The van der Waals surface area contributed by atoms with E-state index in [4.69, 9.17) is 10.1 Å². The average Bonchev–Trinajstić information content (AvgIpc) is 3.18. The molecular weight excluding hydrogens is 501 g/mol. The Morgan fingerprint density at radius 1 is 1.03 bits per heavy atom. The lowest BCUT2D eigenvalue weighted by Crippen LogP contribution is -2.15. The summed E-state index contributed by atoms with van der Waals surface area (Å²) < 4.78 is 41.1. The van der Waals surface area contributed by atoms with Crippen LogP contribution in [-0.2, 0) is 12.7 Å². The molecule has 0 atom stereocenters. The van der Waals surface area contributed by atoms with Crippen molar-refractivity contribution in [3.05, 3.63) is 83.9 Å². The molecule has 2 heterocycles. The summed E-state index contributed by atoms with van der Waals surface area (Å²) in [6, 6.07) is 15.0. The first kappa shape index (κ1) is 28.2. The predicted octanol–water partition coefficient (Wildman–Crippen LogP) is 7.50. The summed E-state index contributed by atoms with van der Waals surface area (Å²) in [7, 11) is 4.13. The number of hydrogen-bond donors (Lipinski definition) is 2. The van der Waals surface area contributed by atoms with Gasteiger partial charge in [-0.3, -0.25) is 0 Å². The number of halogens is 3. The van der Waals surface area contributed by atoms with Crippen LogP contribution in [0.15, 0.2) is 67.0 Å². The molecule has 0 spiro atoms. The normalized spacial score (nSPS) is 11.9. The molecule has 0 unspecified atom stereocenters. The first-order valence-electron chi connectivity index (χ1n) is 13.0. The highest BCUT2D eigenvalue weighted by Gasteiger charge is 2.30. The number of benzene rings is 2. The van der Waals surface area contributed by atoms with Crippen molar-refractivity contribution in [2.24, 2.45) is 0 Å². The van der Waals surface area contributed by atoms with E-state index < -0.39 is 11.7 Å². The highest BCUT2D eigenvalue weighted by molar-refractivity contribution is 5.95. The van der Waals surface area contributed by atoms with Gasteiger partial charge in [-0.2, -0.15) is 18.3 Å². The van der Waals surface area contributed by atoms with Gasteiger partial charge >= 0.3 is 6.18 Å². The standard InChI is InChI=1S/C30H35F3N6/c1-19(2)27-18-26(28-20(3)37-39(29(28)36-27)16-8-15-38(5)6)22-11-13-24(14-12-22)34-21(4)35-25-10-7-9-23(17-25)30(31,32)33/h7,9-14,17-19,34-35H,4,8,15-16H2,1-3,5-6H3. The number of aryl methyl sites for hydroxylation is 2. The molecule has 4 aromatic rings. The smallest absolute Gasteiger partial charge is 0.342 e. The van der Waals surface area contributed by atoms with Gasteiger partial charge in [0.2, 0.25) is 0 Å². The number of anilines is 2.